The van der Waals surface area contributed by atoms with Crippen LogP contribution in [0.1, 0.15) is 0 Å². The Labute approximate surface area is 92.4 Å². The molecule has 0 aromatic heterocycles. The van der Waals surface area contributed by atoms with Gasteiger partial charge in [-0.2, -0.15) is 0 Å². The number of aromatic hydroxyl groups is 2. The summed E-state index contributed by atoms with van der Waals surface area (Å²) in [5, 5.41) is 19.2. The van der Waals surface area contributed by atoms with Gasteiger partial charge in [0.1, 0.15) is 11.5 Å². The van der Waals surface area contributed by atoms with Gasteiger partial charge in [0, 0.05) is 5.02 Å². The van der Waals surface area contributed by atoms with E-state index in [4.69, 9.17) is 11.6 Å². The summed E-state index contributed by atoms with van der Waals surface area (Å²) in [6, 6.07) is 11.6. The number of halogens is 1. The van der Waals surface area contributed by atoms with Gasteiger partial charge in [-0.3, -0.25) is 0 Å². The maximum atomic E-state index is 9.38. The van der Waals surface area contributed by atoms with Gasteiger partial charge < -0.3 is 10.2 Å². The Kier molecular flexibility index (Phi) is 2.52. The van der Waals surface area contributed by atoms with Gasteiger partial charge in [-0.15, -0.1) is 0 Å². The third-order valence-electron chi connectivity index (χ3n) is 2.06. The second-order valence-corrected chi connectivity index (χ2v) is 3.68. The fraction of sp³-hybridized carbons (Fsp3) is 0. The molecule has 2 aromatic carbocycles. The van der Waals surface area contributed by atoms with Crippen molar-refractivity contribution < 1.29 is 10.2 Å². The van der Waals surface area contributed by atoms with Crippen LogP contribution in [0.3, 0.4) is 0 Å². The lowest BCUT2D eigenvalue weighted by molar-refractivity contribution is 0.474. The molecule has 0 fully saturated rings. The molecule has 0 unspecified atom stereocenters. The molecule has 0 amide bonds. The SMILES string of the molecule is Oc1cccc(-c2cc(O)cc(Cl)c2)c1. The molecule has 0 bridgehead atoms. The van der Waals surface area contributed by atoms with Crippen LogP contribution in [0.2, 0.25) is 5.02 Å². The van der Waals surface area contributed by atoms with Crippen LogP contribution in [0.5, 0.6) is 11.5 Å². The van der Waals surface area contributed by atoms with Gasteiger partial charge in [0.25, 0.3) is 0 Å². The third-order valence-corrected chi connectivity index (χ3v) is 2.28. The lowest BCUT2D eigenvalue weighted by Gasteiger charge is -2.03. The average Bonchev–Trinajstić information content (AvgIpc) is 2.16. The number of hydrogen-bond donors (Lipinski definition) is 2. The van der Waals surface area contributed by atoms with Crippen LogP contribution in [-0.4, -0.2) is 10.2 Å². The molecule has 0 spiro atoms. The van der Waals surface area contributed by atoms with Crippen molar-refractivity contribution in [2.45, 2.75) is 0 Å². The molecule has 2 N–H and O–H groups in total. The van der Waals surface area contributed by atoms with Crippen LogP contribution in [0.15, 0.2) is 42.5 Å². The zero-order chi connectivity index (χ0) is 10.8. The minimum absolute atomic E-state index is 0.112. The molecule has 2 aromatic rings. The second-order valence-electron chi connectivity index (χ2n) is 3.25. The highest BCUT2D eigenvalue weighted by molar-refractivity contribution is 6.31. The first-order chi connectivity index (χ1) is 7.15. The van der Waals surface area contributed by atoms with Crippen molar-refractivity contribution in [2.24, 2.45) is 0 Å². The molecule has 0 aliphatic heterocycles. The molecule has 2 rings (SSSR count). The number of hydrogen-bond acceptors (Lipinski definition) is 2. The largest absolute Gasteiger partial charge is 0.508 e. The summed E-state index contributed by atoms with van der Waals surface area (Å²) < 4.78 is 0. The van der Waals surface area contributed by atoms with E-state index in [1.807, 2.05) is 6.07 Å². The standard InChI is InChI=1S/C12H9ClO2/c13-10-4-9(6-12(15)7-10)8-2-1-3-11(14)5-8/h1-7,14-15H. The van der Waals surface area contributed by atoms with E-state index in [0.29, 0.717) is 5.02 Å². The Morgan fingerprint density at radius 1 is 0.800 bits per heavy atom. The second kappa shape index (κ2) is 3.83. The molecule has 76 valence electrons. The monoisotopic (exact) mass is 220 g/mol. The summed E-state index contributed by atoms with van der Waals surface area (Å²) in [4.78, 5) is 0. The quantitative estimate of drug-likeness (QED) is 0.773. The van der Waals surface area contributed by atoms with Crippen molar-refractivity contribution in [3.05, 3.63) is 47.5 Å². The van der Waals surface area contributed by atoms with Gasteiger partial charge in [0.05, 0.1) is 0 Å². The van der Waals surface area contributed by atoms with Crippen LogP contribution < -0.4 is 0 Å². The van der Waals surface area contributed by atoms with Gasteiger partial charge in [0.15, 0.2) is 0 Å². The van der Waals surface area contributed by atoms with Gasteiger partial charge in [-0.1, -0.05) is 23.7 Å². The normalized spacial score (nSPS) is 10.2. The van der Waals surface area contributed by atoms with Crippen molar-refractivity contribution in [3.63, 3.8) is 0 Å². The molecule has 2 nitrogen and oxygen atoms in total. The molecular formula is C12H9ClO2. The summed E-state index contributed by atoms with van der Waals surface area (Å²) in [5.41, 5.74) is 1.59. The van der Waals surface area contributed by atoms with E-state index < -0.39 is 0 Å². The van der Waals surface area contributed by atoms with Crippen LogP contribution in [0.4, 0.5) is 0 Å². The molecule has 0 aliphatic rings. The molecular weight excluding hydrogens is 212 g/mol. The summed E-state index contributed by atoms with van der Waals surface area (Å²) in [6.45, 7) is 0. The summed E-state index contributed by atoms with van der Waals surface area (Å²) in [6.07, 6.45) is 0. The Hall–Kier alpha value is -1.67. The first kappa shape index (κ1) is 9.87. The minimum Gasteiger partial charge on any atom is -0.508 e. The van der Waals surface area contributed by atoms with Crippen LogP contribution in [0.25, 0.3) is 11.1 Å². The molecule has 0 saturated heterocycles. The van der Waals surface area contributed by atoms with Crippen LogP contribution in [-0.2, 0) is 0 Å². The van der Waals surface area contributed by atoms with E-state index in [1.54, 1.807) is 30.3 Å². The molecule has 0 heterocycles. The van der Waals surface area contributed by atoms with E-state index in [2.05, 4.69) is 0 Å². The minimum atomic E-state index is 0.112. The maximum Gasteiger partial charge on any atom is 0.117 e. The van der Waals surface area contributed by atoms with Crippen molar-refractivity contribution in [2.75, 3.05) is 0 Å². The van der Waals surface area contributed by atoms with E-state index in [-0.39, 0.29) is 11.5 Å². The van der Waals surface area contributed by atoms with E-state index in [0.717, 1.165) is 11.1 Å². The number of phenols is 2. The Morgan fingerprint density at radius 2 is 1.53 bits per heavy atom. The predicted octanol–water partition coefficient (Wildman–Crippen LogP) is 3.42. The maximum absolute atomic E-state index is 9.38. The summed E-state index contributed by atoms with van der Waals surface area (Å²) in [7, 11) is 0. The highest BCUT2D eigenvalue weighted by atomic mass is 35.5. The van der Waals surface area contributed by atoms with Gasteiger partial charge in [-0.25, -0.2) is 0 Å². The third kappa shape index (κ3) is 2.22. The Bertz CT molecular complexity index is 474. The van der Waals surface area contributed by atoms with E-state index >= 15 is 0 Å². The average molecular weight is 221 g/mol. The zero-order valence-electron chi connectivity index (χ0n) is 7.81. The molecule has 0 atom stereocenters. The zero-order valence-corrected chi connectivity index (χ0v) is 8.57. The molecule has 0 radical (unpaired) electrons. The first-order valence-corrected chi connectivity index (χ1v) is 4.82. The number of benzene rings is 2. The molecule has 0 aliphatic carbocycles. The Balaban J connectivity index is 2.54. The van der Waals surface area contributed by atoms with Crippen molar-refractivity contribution in [3.8, 4) is 22.6 Å². The molecule has 0 saturated carbocycles. The van der Waals surface area contributed by atoms with Gasteiger partial charge in [0.2, 0.25) is 0 Å². The molecule has 15 heavy (non-hydrogen) atoms. The number of rotatable bonds is 1. The summed E-state index contributed by atoms with van der Waals surface area (Å²) >= 11 is 5.82. The molecule has 3 heteroatoms. The fourth-order valence-electron chi connectivity index (χ4n) is 1.43. The predicted molar refractivity (Wildman–Crippen MR) is 60.2 cm³/mol. The van der Waals surface area contributed by atoms with Gasteiger partial charge >= 0.3 is 0 Å². The topological polar surface area (TPSA) is 40.5 Å². The summed E-state index contributed by atoms with van der Waals surface area (Å²) in [5.74, 6) is 0.299. The van der Waals surface area contributed by atoms with Crippen LogP contribution >= 0.6 is 11.6 Å². The van der Waals surface area contributed by atoms with Crippen molar-refractivity contribution in [1.82, 2.24) is 0 Å². The lowest BCUT2D eigenvalue weighted by atomic mass is 10.1. The van der Waals surface area contributed by atoms with E-state index in [9.17, 15) is 10.2 Å². The number of phenolic OH excluding ortho intramolecular Hbond substituents is 2. The highest BCUT2D eigenvalue weighted by Crippen LogP contribution is 2.29. The highest BCUT2D eigenvalue weighted by Gasteiger charge is 2.02. The van der Waals surface area contributed by atoms with Gasteiger partial charge in [-0.05, 0) is 41.5 Å². The smallest absolute Gasteiger partial charge is 0.117 e. The fourth-order valence-corrected chi connectivity index (χ4v) is 1.66. The van der Waals surface area contributed by atoms with E-state index in [1.165, 1.54) is 6.07 Å². The lowest BCUT2D eigenvalue weighted by Crippen LogP contribution is -1.78. The van der Waals surface area contributed by atoms with Crippen molar-refractivity contribution >= 4 is 11.6 Å². The Morgan fingerprint density at radius 3 is 2.20 bits per heavy atom. The van der Waals surface area contributed by atoms with Crippen LogP contribution in [0, 0.1) is 0 Å². The first-order valence-electron chi connectivity index (χ1n) is 4.44. The van der Waals surface area contributed by atoms with Crippen molar-refractivity contribution in [1.29, 1.82) is 0 Å².